The molecule has 0 heterocycles. The van der Waals surface area contributed by atoms with Crippen LogP contribution in [-0.2, 0) is 13.0 Å². The molecule has 0 aliphatic heterocycles. The molecular formula is C17H18N2O5. The first-order valence-electron chi connectivity index (χ1n) is 7.33. The van der Waals surface area contributed by atoms with Gasteiger partial charge in [0.1, 0.15) is 5.75 Å². The molecule has 126 valence electrons. The second-order valence-electron chi connectivity index (χ2n) is 5.23. The van der Waals surface area contributed by atoms with Gasteiger partial charge in [0.05, 0.1) is 12.0 Å². The Balaban J connectivity index is 2.02. The van der Waals surface area contributed by atoms with Crippen LogP contribution in [0, 0.1) is 10.1 Å². The summed E-state index contributed by atoms with van der Waals surface area (Å²) in [4.78, 5) is 23.0. The smallest absolute Gasteiger partial charge is 0.407 e. The van der Waals surface area contributed by atoms with Gasteiger partial charge in [-0.1, -0.05) is 24.3 Å². The van der Waals surface area contributed by atoms with E-state index in [4.69, 9.17) is 4.74 Å². The molecular weight excluding hydrogens is 312 g/mol. The number of hydrogen-bond donors (Lipinski definition) is 1. The standard InChI is InChI=1S/C17H18N2O5/c1-24-16-7-5-13(6-8-16)9-10-18(17(20)21)12-14-3-2-4-15(11-14)19(22)23/h2-8,11H,9-10,12H2,1H3,(H,20,21). The number of nitrogens with zero attached hydrogens (tertiary/aromatic N) is 2. The van der Waals surface area contributed by atoms with Gasteiger partial charge in [0, 0.05) is 25.2 Å². The van der Waals surface area contributed by atoms with E-state index in [9.17, 15) is 20.0 Å². The average Bonchev–Trinajstić information content (AvgIpc) is 2.59. The predicted molar refractivity (Wildman–Crippen MR) is 88.2 cm³/mol. The van der Waals surface area contributed by atoms with Gasteiger partial charge in [0.2, 0.25) is 0 Å². The van der Waals surface area contributed by atoms with Gasteiger partial charge in [-0.3, -0.25) is 10.1 Å². The summed E-state index contributed by atoms with van der Waals surface area (Å²) < 4.78 is 5.08. The van der Waals surface area contributed by atoms with Crippen molar-refractivity contribution < 1.29 is 19.6 Å². The number of amides is 1. The van der Waals surface area contributed by atoms with E-state index < -0.39 is 11.0 Å². The van der Waals surface area contributed by atoms with E-state index in [1.54, 1.807) is 19.2 Å². The average molecular weight is 330 g/mol. The summed E-state index contributed by atoms with van der Waals surface area (Å²) in [5.74, 6) is 0.741. The van der Waals surface area contributed by atoms with E-state index in [-0.39, 0.29) is 12.2 Å². The van der Waals surface area contributed by atoms with E-state index in [1.807, 2.05) is 24.3 Å². The molecule has 2 aromatic carbocycles. The Morgan fingerprint density at radius 2 is 1.92 bits per heavy atom. The number of non-ortho nitro benzene ring substituents is 1. The van der Waals surface area contributed by atoms with Crippen molar-refractivity contribution in [2.45, 2.75) is 13.0 Å². The van der Waals surface area contributed by atoms with Crippen LogP contribution in [0.2, 0.25) is 0 Å². The Hall–Kier alpha value is -3.09. The molecule has 2 aromatic rings. The summed E-state index contributed by atoms with van der Waals surface area (Å²) in [6, 6.07) is 13.4. The number of benzene rings is 2. The molecule has 7 nitrogen and oxygen atoms in total. The summed E-state index contributed by atoms with van der Waals surface area (Å²) in [7, 11) is 1.58. The SMILES string of the molecule is COc1ccc(CCN(Cc2cccc([N+](=O)[O-])c2)C(=O)O)cc1. The lowest BCUT2D eigenvalue weighted by atomic mass is 10.1. The van der Waals surface area contributed by atoms with Crippen molar-refractivity contribution in [1.29, 1.82) is 0 Å². The summed E-state index contributed by atoms with van der Waals surface area (Å²) >= 11 is 0. The molecule has 0 atom stereocenters. The number of nitro benzene ring substituents is 1. The highest BCUT2D eigenvalue weighted by Gasteiger charge is 2.14. The van der Waals surface area contributed by atoms with Crippen molar-refractivity contribution in [2.75, 3.05) is 13.7 Å². The molecule has 1 amide bonds. The fraction of sp³-hybridized carbons (Fsp3) is 0.235. The van der Waals surface area contributed by atoms with E-state index in [0.29, 0.717) is 18.5 Å². The molecule has 2 rings (SSSR count). The molecule has 0 saturated heterocycles. The molecule has 0 spiro atoms. The van der Waals surface area contributed by atoms with Crippen LogP contribution < -0.4 is 4.74 Å². The highest BCUT2D eigenvalue weighted by molar-refractivity contribution is 5.65. The van der Waals surface area contributed by atoms with Crippen molar-refractivity contribution in [3.63, 3.8) is 0 Å². The molecule has 1 N–H and O–H groups in total. The summed E-state index contributed by atoms with van der Waals surface area (Å²) in [6.07, 6.45) is -0.513. The maximum absolute atomic E-state index is 11.4. The Morgan fingerprint density at radius 3 is 2.50 bits per heavy atom. The van der Waals surface area contributed by atoms with Crippen LogP contribution in [0.15, 0.2) is 48.5 Å². The van der Waals surface area contributed by atoms with Crippen molar-refractivity contribution in [1.82, 2.24) is 4.90 Å². The summed E-state index contributed by atoms with van der Waals surface area (Å²) in [5.41, 5.74) is 1.52. The minimum Gasteiger partial charge on any atom is -0.497 e. The second-order valence-corrected chi connectivity index (χ2v) is 5.23. The maximum atomic E-state index is 11.4. The molecule has 0 radical (unpaired) electrons. The van der Waals surface area contributed by atoms with Gasteiger partial charge in [-0.05, 0) is 29.7 Å². The molecule has 0 aliphatic rings. The zero-order chi connectivity index (χ0) is 17.5. The molecule has 0 aliphatic carbocycles. The van der Waals surface area contributed by atoms with Crippen molar-refractivity contribution >= 4 is 11.8 Å². The number of carbonyl (C=O) groups is 1. The van der Waals surface area contributed by atoms with E-state index >= 15 is 0 Å². The minimum absolute atomic E-state index is 0.0482. The number of rotatable bonds is 7. The van der Waals surface area contributed by atoms with E-state index in [1.165, 1.54) is 17.0 Å². The Labute approximate surface area is 139 Å². The number of methoxy groups -OCH3 is 1. The maximum Gasteiger partial charge on any atom is 0.407 e. The first kappa shape index (κ1) is 17.3. The lowest BCUT2D eigenvalue weighted by Gasteiger charge is -2.19. The fourth-order valence-electron chi connectivity index (χ4n) is 2.29. The van der Waals surface area contributed by atoms with E-state index in [0.717, 1.165) is 11.3 Å². The van der Waals surface area contributed by atoms with Crippen molar-refractivity contribution in [3.8, 4) is 5.75 Å². The van der Waals surface area contributed by atoms with Crippen LogP contribution >= 0.6 is 0 Å². The predicted octanol–water partition coefficient (Wildman–Crippen LogP) is 3.33. The highest BCUT2D eigenvalue weighted by Crippen LogP contribution is 2.16. The third-order valence-electron chi connectivity index (χ3n) is 3.59. The van der Waals surface area contributed by atoms with Crippen LogP contribution in [0.3, 0.4) is 0 Å². The van der Waals surface area contributed by atoms with Crippen LogP contribution in [-0.4, -0.2) is 34.7 Å². The van der Waals surface area contributed by atoms with Gasteiger partial charge in [0.15, 0.2) is 0 Å². The second kappa shape index (κ2) is 7.96. The lowest BCUT2D eigenvalue weighted by molar-refractivity contribution is -0.384. The van der Waals surface area contributed by atoms with Gasteiger partial charge in [-0.25, -0.2) is 4.79 Å². The van der Waals surface area contributed by atoms with Crippen LogP contribution in [0.5, 0.6) is 5.75 Å². The summed E-state index contributed by atoms with van der Waals surface area (Å²) in [5, 5.41) is 20.1. The molecule has 0 unspecified atom stereocenters. The van der Waals surface area contributed by atoms with Crippen molar-refractivity contribution in [3.05, 3.63) is 69.8 Å². The van der Waals surface area contributed by atoms with Crippen LogP contribution in [0.4, 0.5) is 10.5 Å². The fourth-order valence-corrected chi connectivity index (χ4v) is 2.29. The molecule has 7 heteroatoms. The Kier molecular flexibility index (Phi) is 5.73. The van der Waals surface area contributed by atoms with Gasteiger partial charge in [-0.15, -0.1) is 0 Å². The first-order chi connectivity index (χ1) is 11.5. The zero-order valence-electron chi connectivity index (χ0n) is 13.2. The number of carboxylic acid groups (broad SMARTS) is 1. The van der Waals surface area contributed by atoms with Crippen LogP contribution in [0.1, 0.15) is 11.1 Å². The largest absolute Gasteiger partial charge is 0.497 e. The topological polar surface area (TPSA) is 92.9 Å². The van der Waals surface area contributed by atoms with Gasteiger partial charge >= 0.3 is 6.09 Å². The molecule has 0 bridgehead atoms. The summed E-state index contributed by atoms with van der Waals surface area (Å²) in [6.45, 7) is 0.400. The Bertz CT molecular complexity index is 715. The highest BCUT2D eigenvalue weighted by atomic mass is 16.6. The zero-order valence-corrected chi connectivity index (χ0v) is 13.2. The Morgan fingerprint density at radius 1 is 1.21 bits per heavy atom. The number of ether oxygens (including phenoxy) is 1. The monoisotopic (exact) mass is 330 g/mol. The third-order valence-corrected chi connectivity index (χ3v) is 3.59. The molecule has 24 heavy (non-hydrogen) atoms. The van der Waals surface area contributed by atoms with Gasteiger partial charge < -0.3 is 14.7 Å². The van der Waals surface area contributed by atoms with Gasteiger partial charge in [-0.2, -0.15) is 0 Å². The van der Waals surface area contributed by atoms with E-state index in [2.05, 4.69) is 0 Å². The quantitative estimate of drug-likeness (QED) is 0.621. The van der Waals surface area contributed by atoms with Crippen LogP contribution in [0.25, 0.3) is 0 Å². The lowest BCUT2D eigenvalue weighted by Crippen LogP contribution is -2.31. The number of nitro groups is 1. The number of hydrogen-bond acceptors (Lipinski definition) is 4. The minimum atomic E-state index is -1.06. The van der Waals surface area contributed by atoms with Gasteiger partial charge in [0.25, 0.3) is 5.69 Å². The molecule has 0 aromatic heterocycles. The third kappa shape index (κ3) is 4.70. The first-order valence-corrected chi connectivity index (χ1v) is 7.33. The molecule has 0 fully saturated rings. The normalized spacial score (nSPS) is 10.2. The molecule has 0 saturated carbocycles. The van der Waals surface area contributed by atoms with Crippen molar-refractivity contribution in [2.24, 2.45) is 0 Å².